The van der Waals surface area contributed by atoms with E-state index < -0.39 is 0 Å². The topological polar surface area (TPSA) is 62.7 Å². The highest BCUT2D eigenvalue weighted by atomic mass is 15.2. The maximum Gasteiger partial charge on any atom is 0.225 e. The Balaban J connectivity index is 1.64. The van der Waals surface area contributed by atoms with Crippen LogP contribution in [0.15, 0.2) is 54.9 Å². The van der Waals surface area contributed by atoms with Gasteiger partial charge in [0.15, 0.2) is 0 Å². The molecule has 0 radical (unpaired) electrons. The predicted molar refractivity (Wildman–Crippen MR) is 110 cm³/mol. The number of aryl methyl sites for hydroxylation is 1. The monoisotopic (exact) mass is 359 g/mol. The summed E-state index contributed by atoms with van der Waals surface area (Å²) in [5.74, 6) is 1.46. The molecule has 27 heavy (non-hydrogen) atoms. The average molecular weight is 359 g/mol. The summed E-state index contributed by atoms with van der Waals surface area (Å²) in [7, 11) is 0. The molecule has 0 spiro atoms. The first-order valence-electron chi connectivity index (χ1n) is 9.66. The molecular formula is C22H25N5. The first-order chi connectivity index (χ1) is 13.3. The fraction of sp³-hybridized carbons (Fsp3) is 0.318. The van der Waals surface area contributed by atoms with Crippen molar-refractivity contribution in [3.63, 3.8) is 0 Å². The molecule has 0 aliphatic heterocycles. The zero-order valence-electron chi connectivity index (χ0n) is 15.7. The third-order valence-corrected chi connectivity index (χ3v) is 4.95. The van der Waals surface area contributed by atoms with E-state index in [1.165, 1.54) is 37.7 Å². The molecule has 1 saturated carbocycles. The van der Waals surface area contributed by atoms with E-state index in [2.05, 4.69) is 46.8 Å². The highest BCUT2D eigenvalue weighted by Gasteiger charge is 2.15. The molecule has 1 fully saturated rings. The van der Waals surface area contributed by atoms with Gasteiger partial charge in [0.05, 0.1) is 5.69 Å². The summed E-state index contributed by atoms with van der Waals surface area (Å²) in [6, 6.07) is 14.7. The van der Waals surface area contributed by atoms with Crippen LogP contribution in [0.2, 0.25) is 0 Å². The summed E-state index contributed by atoms with van der Waals surface area (Å²) in [6.07, 6.45) is 9.85. The van der Waals surface area contributed by atoms with E-state index in [0.717, 1.165) is 22.8 Å². The van der Waals surface area contributed by atoms with E-state index >= 15 is 0 Å². The normalized spacial score (nSPS) is 14.7. The molecule has 1 aliphatic rings. The molecule has 1 aromatic carbocycles. The van der Waals surface area contributed by atoms with E-state index in [0.29, 0.717) is 12.0 Å². The summed E-state index contributed by atoms with van der Waals surface area (Å²) < 4.78 is 0. The Hall–Kier alpha value is -2.95. The number of nitrogens with one attached hydrogen (secondary N) is 2. The Kier molecular flexibility index (Phi) is 5.28. The number of benzene rings is 1. The smallest absolute Gasteiger partial charge is 0.225 e. The van der Waals surface area contributed by atoms with Gasteiger partial charge in [0.1, 0.15) is 5.82 Å². The molecule has 2 aromatic heterocycles. The van der Waals surface area contributed by atoms with Crippen molar-refractivity contribution in [3.8, 4) is 11.3 Å². The maximum atomic E-state index is 4.75. The van der Waals surface area contributed by atoms with Crippen LogP contribution in [0, 0.1) is 6.92 Å². The van der Waals surface area contributed by atoms with Crippen LogP contribution in [0.1, 0.15) is 37.7 Å². The first-order valence-corrected chi connectivity index (χ1v) is 9.66. The molecule has 0 atom stereocenters. The summed E-state index contributed by atoms with van der Waals surface area (Å²) in [4.78, 5) is 13.7. The number of hydrogen-bond acceptors (Lipinski definition) is 5. The van der Waals surface area contributed by atoms with Crippen LogP contribution in [0.5, 0.6) is 0 Å². The van der Waals surface area contributed by atoms with Gasteiger partial charge in [-0.2, -0.15) is 4.98 Å². The fourth-order valence-electron chi connectivity index (χ4n) is 3.45. The van der Waals surface area contributed by atoms with E-state index in [4.69, 9.17) is 9.97 Å². The zero-order valence-corrected chi connectivity index (χ0v) is 15.7. The van der Waals surface area contributed by atoms with Gasteiger partial charge in [0, 0.05) is 35.8 Å². The number of nitrogens with zero attached hydrogens (tertiary/aromatic N) is 3. The van der Waals surface area contributed by atoms with E-state index in [-0.39, 0.29) is 0 Å². The Bertz CT molecular complexity index is 871. The minimum Gasteiger partial charge on any atom is -0.351 e. The van der Waals surface area contributed by atoms with Crippen LogP contribution in [-0.4, -0.2) is 21.0 Å². The number of anilines is 3. The minimum absolute atomic E-state index is 0.454. The van der Waals surface area contributed by atoms with Crippen LogP contribution < -0.4 is 10.6 Å². The van der Waals surface area contributed by atoms with E-state index in [9.17, 15) is 0 Å². The van der Waals surface area contributed by atoms with Crippen LogP contribution in [0.4, 0.5) is 17.5 Å². The highest BCUT2D eigenvalue weighted by Crippen LogP contribution is 2.25. The Morgan fingerprint density at radius 3 is 2.52 bits per heavy atom. The van der Waals surface area contributed by atoms with E-state index in [1.807, 2.05) is 24.4 Å². The Morgan fingerprint density at radius 1 is 0.963 bits per heavy atom. The summed E-state index contributed by atoms with van der Waals surface area (Å²) >= 11 is 0. The van der Waals surface area contributed by atoms with Crippen molar-refractivity contribution in [2.75, 3.05) is 10.6 Å². The lowest BCUT2D eigenvalue weighted by molar-refractivity contribution is 0.461. The van der Waals surface area contributed by atoms with Crippen molar-refractivity contribution < 1.29 is 0 Å². The number of hydrogen-bond donors (Lipinski definition) is 2. The fourth-order valence-corrected chi connectivity index (χ4v) is 3.45. The summed E-state index contributed by atoms with van der Waals surface area (Å²) in [5, 5.41) is 6.95. The van der Waals surface area contributed by atoms with Gasteiger partial charge < -0.3 is 10.6 Å². The quantitative estimate of drug-likeness (QED) is 0.644. The number of aromatic nitrogens is 3. The molecule has 5 nitrogen and oxygen atoms in total. The van der Waals surface area contributed by atoms with Gasteiger partial charge in [-0.25, -0.2) is 4.98 Å². The number of pyridine rings is 1. The van der Waals surface area contributed by atoms with Crippen LogP contribution in [0.3, 0.4) is 0 Å². The molecule has 3 aromatic rings. The number of rotatable bonds is 5. The second kappa shape index (κ2) is 8.16. The minimum atomic E-state index is 0.454. The maximum absolute atomic E-state index is 4.75. The molecule has 0 saturated heterocycles. The largest absolute Gasteiger partial charge is 0.351 e. The van der Waals surface area contributed by atoms with Gasteiger partial charge in [0.2, 0.25) is 5.95 Å². The summed E-state index contributed by atoms with van der Waals surface area (Å²) in [5.41, 5.74) is 4.10. The molecule has 4 rings (SSSR count). The Morgan fingerprint density at radius 2 is 1.78 bits per heavy atom. The molecule has 0 amide bonds. The lowest BCUT2D eigenvalue weighted by Gasteiger charge is -2.23. The third-order valence-electron chi connectivity index (χ3n) is 4.95. The molecule has 138 valence electrons. The molecule has 0 unspecified atom stereocenters. The lowest BCUT2D eigenvalue weighted by Crippen LogP contribution is -2.23. The van der Waals surface area contributed by atoms with Crippen molar-refractivity contribution in [2.45, 2.75) is 45.1 Å². The van der Waals surface area contributed by atoms with Crippen LogP contribution in [0.25, 0.3) is 11.3 Å². The van der Waals surface area contributed by atoms with E-state index in [1.54, 1.807) is 6.20 Å². The van der Waals surface area contributed by atoms with Crippen molar-refractivity contribution in [1.29, 1.82) is 0 Å². The second-order valence-electron chi connectivity index (χ2n) is 7.17. The van der Waals surface area contributed by atoms with Gasteiger partial charge >= 0.3 is 0 Å². The average Bonchev–Trinajstić information content (AvgIpc) is 2.71. The van der Waals surface area contributed by atoms with Gasteiger partial charge in [-0.1, -0.05) is 37.0 Å². The lowest BCUT2D eigenvalue weighted by atomic mass is 9.96. The van der Waals surface area contributed by atoms with Gasteiger partial charge in [-0.05, 0) is 44.0 Å². The summed E-state index contributed by atoms with van der Waals surface area (Å²) in [6.45, 7) is 2.08. The molecular weight excluding hydrogens is 334 g/mol. The third kappa shape index (κ3) is 4.61. The first kappa shape index (κ1) is 17.5. The van der Waals surface area contributed by atoms with Crippen LogP contribution >= 0.6 is 0 Å². The van der Waals surface area contributed by atoms with Crippen molar-refractivity contribution >= 4 is 17.5 Å². The molecule has 5 heteroatoms. The standard InChI is InChI=1S/C22H25N5/c1-16-9-11-19(12-10-16)24-21-14-20(17-6-5-13-23-15-17)26-22(27-21)25-18-7-3-2-4-8-18/h5-6,9-15,18H,2-4,7-8H2,1H3,(H2,24,25,26,27). The second-order valence-corrected chi connectivity index (χ2v) is 7.17. The highest BCUT2D eigenvalue weighted by molar-refractivity contribution is 5.67. The predicted octanol–water partition coefficient (Wildman–Crippen LogP) is 5.34. The van der Waals surface area contributed by atoms with Gasteiger partial charge in [-0.15, -0.1) is 0 Å². The molecule has 2 N–H and O–H groups in total. The van der Waals surface area contributed by atoms with Crippen molar-refractivity contribution in [2.24, 2.45) is 0 Å². The van der Waals surface area contributed by atoms with Crippen molar-refractivity contribution in [3.05, 3.63) is 60.4 Å². The molecule has 0 bridgehead atoms. The molecule has 1 aliphatic carbocycles. The van der Waals surface area contributed by atoms with Crippen LogP contribution in [-0.2, 0) is 0 Å². The van der Waals surface area contributed by atoms with Gasteiger partial charge in [0.25, 0.3) is 0 Å². The zero-order chi connectivity index (χ0) is 18.5. The van der Waals surface area contributed by atoms with Crippen molar-refractivity contribution in [1.82, 2.24) is 15.0 Å². The Labute approximate surface area is 160 Å². The molecule has 2 heterocycles. The SMILES string of the molecule is Cc1ccc(Nc2cc(-c3cccnc3)nc(NC3CCCCC3)n2)cc1. The van der Waals surface area contributed by atoms with Gasteiger partial charge in [-0.3, -0.25) is 4.98 Å².